The fraction of sp³-hybridized carbons (Fsp3) is 0.462. The van der Waals surface area contributed by atoms with Crippen molar-refractivity contribution in [3.8, 4) is 0 Å². The van der Waals surface area contributed by atoms with Gasteiger partial charge in [-0.3, -0.25) is 5.01 Å². The number of nitrogens with zero attached hydrogens (tertiary/aromatic N) is 1. The van der Waals surface area contributed by atoms with Gasteiger partial charge in [0.15, 0.2) is 0 Å². The number of hydrazine groups is 1. The molecule has 1 aromatic carbocycles. The van der Waals surface area contributed by atoms with Gasteiger partial charge in [0.2, 0.25) is 0 Å². The van der Waals surface area contributed by atoms with Gasteiger partial charge in [-0.1, -0.05) is 6.07 Å². The number of nitrogen functional groups attached to an aromatic ring is 1. The van der Waals surface area contributed by atoms with Gasteiger partial charge in [0.25, 0.3) is 0 Å². The first-order chi connectivity index (χ1) is 9.58. The summed E-state index contributed by atoms with van der Waals surface area (Å²) in [5.74, 6) is 5.51. The number of nitrogens with two attached hydrogens (primary N) is 2. The lowest BCUT2D eigenvalue weighted by Gasteiger charge is -2.27. The minimum absolute atomic E-state index is 0.0397. The molecule has 2 atom stereocenters. The van der Waals surface area contributed by atoms with Crippen LogP contribution in [0.15, 0.2) is 18.2 Å². The summed E-state index contributed by atoms with van der Waals surface area (Å²) in [5, 5.41) is 10.5. The lowest BCUT2D eigenvalue weighted by Crippen LogP contribution is -2.42. The average molecular weight is 281 g/mol. The van der Waals surface area contributed by atoms with E-state index >= 15 is 0 Å². The first-order valence-corrected chi connectivity index (χ1v) is 6.35. The van der Waals surface area contributed by atoms with Crippen molar-refractivity contribution >= 4 is 17.3 Å². The summed E-state index contributed by atoms with van der Waals surface area (Å²) in [6.45, 7) is -0.0397. The summed E-state index contributed by atoms with van der Waals surface area (Å²) in [6, 6.07) is 4.96. The molecule has 0 amide bonds. The Morgan fingerprint density at radius 3 is 2.90 bits per heavy atom. The molecule has 0 aromatic heterocycles. The van der Waals surface area contributed by atoms with Crippen LogP contribution in [0.25, 0.3) is 0 Å². The Morgan fingerprint density at radius 1 is 1.55 bits per heavy atom. The van der Waals surface area contributed by atoms with Crippen LogP contribution < -0.4 is 16.6 Å². The summed E-state index contributed by atoms with van der Waals surface area (Å²) >= 11 is 0. The van der Waals surface area contributed by atoms with Crippen LogP contribution >= 0.6 is 0 Å². The number of para-hydroxylation sites is 1. The minimum Gasteiger partial charge on any atom is -0.465 e. The number of aliphatic hydroxyl groups is 1. The van der Waals surface area contributed by atoms with Crippen LogP contribution in [0.3, 0.4) is 0 Å². The molecule has 1 aliphatic rings. The van der Waals surface area contributed by atoms with Gasteiger partial charge in [0.05, 0.1) is 36.8 Å². The molecule has 2 unspecified atom stereocenters. The molecule has 1 heterocycles. The number of anilines is 2. The largest absolute Gasteiger partial charge is 0.465 e. The van der Waals surface area contributed by atoms with Crippen molar-refractivity contribution in [2.75, 3.05) is 24.5 Å². The van der Waals surface area contributed by atoms with Crippen LogP contribution in [0, 0.1) is 0 Å². The maximum atomic E-state index is 11.6. The zero-order chi connectivity index (χ0) is 14.7. The standard InChI is InChI=1S/C13H19N3O4/c1-19-13(18)9-3-2-4-10(12(9)14)16(15)11-6-5-8(7-17)20-11/h2-4,8,11,17H,5-7,14-15H2,1H3. The lowest BCUT2D eigenvalue weighted by atomic mass is 10.1. The fourth-order valence-corrected chi connectivity index (χ4v) is 2.25. The molecular weight excluding hydrogens is 262 g/mol. The van der Waals surface area contributed by atoms with E-state index in [1.54, 1.807) is 18.2 Å². The van der Waals surface area contributed by atoms with E-state index < -0.39 is 5.97 Å². The molecule has 1 aromatic rings. The van der Waals surface area contributed by atoms with Gasteiger partial charge < -0.3 is 20.3 Å². The van der Waals surface area contributed by atoms with Gasteiger partial charge in [0.1, 0.15) is 6.23 Å². The lowest BCUT2D eigenvalue weighted by molar-refractivity contribution is 0.0105. The summed E-state index contributed by atoms with van der Waals surface area (Å²) in [6.07, 6.45) is 0.827. The number of aliphatic hydroxyl groups excluding tert-OH is 1. The maximum absolute atomic E-state index is 11.6. The van der Waals surface area contributed by atoms with E-state index in [0.717, 1.165) is 6.42 Å². The number of carbonyl (C=O) groups is 1. The van der Waals surface area contributed by atoms with Gasteiger partial charge in [-0.2, -0.15) is 0 Å². The van der Waals surface area contributed by atoms with Gasteiger partial charge in [0, 0.05) is 0 Å². The van der Waals surface area contributed by atoms with Crippen LogP contribution in [0.5, 0.6) is 0 Å². The summed E-state index contributed by atoms with van der Waals surface area (Å²) < 4.78 is 10.3. The van der Waals surface area contributed by atoms with Gasteiger partial charge in [-0.15, -0.1) is 0 Å². The van der Waals surface area contributed by atoms with Gasteiger partial charge in [-0.05, 0) is 25.0 Å². The molecule has 1 saturated heterocycles. The molecule has 1 fully saturated rings. The van der Waals surface area contributed by atoms with Crippen LogP contribution in [-0.2, 0) is 9.47 Å². The topological polar surface area (TPSA) is 111 Å². The molecule has 7 nitrogen and oxygen atoms in total. The second kappa shape index (κ2) is 6.08. The summed E-state index contributed by atoms with van der Waals surface area (Å²) in [5.41, 5.74) is 6.97. The summed E-state index contributed by atoms with van der Waals surface area (Å²) in [7, 11) is 1.29. The van der Waals surface area contributed by atoms with Gasteiger partial charge >= 0.3 is 5.97 Å². The summed E-state index contributed by atoms with van der Waals surface area (Å²) in [4.78, 5) is 11.6. The second-order valence-electron chi connectivity index (χ2n) is 4.61. The molecular formula is C13H19N3O4. The number of rotatable bonds is 4. The molecule has 0 saturated carbocycles. The Hall–Kier alpha value is -1.83. The van der Waals surface area contributed by atoms with Crippen LogP contribution in [-0.4, -0.2) is 37.1 Å². The highest BCUT2D eigenvalue weighted by molar-refractivity contribution is 5.98. The number of ether oxygens (including phenoxy) is 2. The van der Waals surface area contributed by atoms with E-state index in [1.807, 2.05) is 0 Å². The monoisotopic (exact) mass is 281 g/mol. The number of methoxy groups -OCH3 is 1. The SMILES string of the molecule is COC(=O)c1cccc(N(N)C2CCC(CO)O2)c1N. The van der Waals surface area contributed by atoms with E-state index in [2.05, 4.69) is 4.74 Å². The third-order valence-corrected chi connectivity index (χ3v) is 3.37. The van der Waals surface area contributed by atoms with Crippen LogP contribution in [0.2, 0.25) is 0 Å². The molecule has 0 radical (unpaired) electrons. The van der Waals surface area contributed by atoms with Gasteiger partial charge in [-0.25, -0.2) is 10.6 Å². The molecule has 0 aliphatic carbocycles. The zero-order valence-electron chi connectivity index (χ0n) is 11.3. The zero-order valence-corrected chi connectivity index (χ0v) is 11.3. The van der Waals surface area contributed by atoms with Crippen molar-refractivity contribution in [2.24, 2.45) is 5.84 Å². The quantitative estimate of drug-likeness (QED) is 0.313. The highest BCUT2D eigenvalue weighted by Gasteiger charge is 2.30. The third kappa shape index (κ3) is 2.69. The Labute approximate surface area is 117 Å². The number of esters is 1. The molecule has 2 rings (SSSR count). The average Bonchev–Trinajstić information content (AvgIpc) is 2.95. The normalized spacial score (nSPS) is 21.8. The number of hydrogen-bond donors (Lipinski definition) is 3. The van der Waals surface area contributed by atoms with Crippen molar-refractivity contribution in [1.82, 2.24) is 0 Å². The van der Waals surface area contributed by atoms with E-state index in [1.165, 1.54) is 12.1 Å². The Morgan fingerprint density at radius 2 is 2.30 bits per heavy atom. The molecule has 1 aliphatic heterocycles. The molecule has 7 heteroatoms. The Kier molecular flexibility index (Phi) is 4.43. The third-order valence-electron chi connectivity index (χ3n) is 3.37. The number of carbonyl (C=O) groups excluding carboxylic acids is 1. The van der Waals surface area contributed by atoms with Crippen molar-refractivity contribution in [2.45, 2.75) is 25.2 Å². The molecule has 5 N–H and O–H groups in total. The van der Waals surface area contributed by atoms with E-state index in [0.29, 0.717) is 12.1 Å². The van der Waals surface area contributed by atoms with Crippen LogP contribution in [0.4, 0.5) is 11.4 Å². The first-order valence-electron chi connectivity index (χ1n) is 6.35. The van der Waals surface area contributed by atoms with Crippen LogP contribution in [0.1, 0.15) is 23.2 Å². The predicted molar refractivity (Wildman–Crippen MR) is 73.8 cm³/mol. The second-order valence-corrected chi connectivity index (χ2v) is 4.61. The first kappa shape index (κ1) is 14.6. The minimum atomic E-state index is -0.515. The van der Waals surface area contributed by atoms with Crippen molar-refractivity contribution in [1.29, 1.82) is 0 Å². The van der Waals surface area contributed by atoms with Crippen molar-refractivity contribution in [3.05, 3.63) is 23.8 Å². The van der Waals surface area contributed by atoms with Crippen molar-refractivity contribution in [3.63, 3.8) is 0 Å². The Bertz CT molecular complexity index is 495. The number of hydrogen-bond acceptors (Lipinski definition) is 7. The molecule has 0 spiro atoms. The molecule has 20 heavy (non-hydrogen) atoms. The highest BCUT2D eigenvalue weighted by Crippen LogP contribution is 2.30. The van der Waals surface area contributed by atoms with Crippen molar-refractivity contribution < 1.29 is 19.4 Å². The fourth-order valence-electron chi connectivity index (χ4n) is 2.25. The Balaban J connectivity index is 2.22. The van der Waals surface area contributed by atoms with E-state index in [-0.39, 0.29) is 30.2 Å². The van der Waals surface area contributed by atoms with E-state index in [9.17, 15) is 4.79 Å². The predicted octanol–water partition coefficient (Wildman–Crippen LogP) is 0.233. The maximum Gasteiger partial charge on any atom is 0.340 e. The molecule has 0 bridgehead atoms. The smallest absolute Gasteiger partial charge is 0.340 e. The highest BCUT2D eigenvalue weighted by atomic mass is 16.5. The van der Waals surface area contributed by atoms with E-state index in [4.69, 9.17) is 21.4 Å². The number of benzene rings is 1. The molecule has 110 valence electrons.